The number of esters is 1. The van der Waals surface area contributed by atoms with E-state index in [0.717, 1.165) is 42.4 Å². The van der Waals surface area contributed by atoms with E-state index in [9.17, 15) is 10.1 Å². The molecular weight excluding hydrogens is 346 g/mol. The van der Waals surface area contributed by atoms with Crippen LogP contribution in [0.2, 0.25) is 0 Å². The first kappa shape index (κ1) is 21.4. The van der Waals surface area contributed by atoms with Crippen LogP contribution in [0.15, 0.2) is 60.2 Å². The van der Waals surface area contributed by atoms with Gasteiger partial charge in [0.1, 0.15) is 11.6 Å². The number of nitriles is 1. The molecule has 28 heavy (non-hydrogen) atoms. The summed E-state index contributed by atoms with van der Waals surface area (Å²) in [5.74, 6) is -0.208. The number of benzene rings is 2. The first-order chi connectivity index (χ1) is 13.6. The van der Waals surface area contributed by atoms with Crippen LogP contribution in [0.5, 0.6) is 0 Å². The molecule has 146 valence electrons. The van der Waals surface area contributed by atoms with Crippen molar-refractivity contribution >= 4 is 11.5 Å². The lowest BCUT2D eigenvalue weighted by atomic mass is 9.93. The van der Waals surface area contributed by atoms with Crippen LogP contribution < -0.4 is 0 Å². The normalized spacial score (nSPS) is 12.6. The van der Waals surface area contributed by atoms with Crippen molar-refractivity contribution in [3.8, 4) is 6.07 Å². The average Bonchev–Trinajstić information content (AvgIpc) is 2.73. The smallest absolute Gasteiger partial charge is 0.349 e. The van der Waals surface area contributed by atoms with Gasteiger partial charge in [-0.15, -0.1) is 0 Å². The molecule has 0 N–H and O–H groups in total. The van der Waals surface area contributed by atoms with Gasteiger partial charge >= 0.3 is 5.97 Å². The van der Waals surface area contributed by atoms with Gasteiger partial charge in [0.05, 0.1) is 6.61 Å². The molecule has 0 aliphatic heterocycles. The molecule has 0 amide bonds. The van der Waals surface area contributed by atoms with Gasteiger partial charge in [0.2, 0.25) is 0 Å². The fourth-order valence-electron chi connectivity index (χ4n) is 3.15. The van der Waals surface area contributed by atoms with Gasteiger partial charge in [0.25, 0.3) is 0 Å². The summed E-state index contributed by atoms with van der Waals surface area (Å²) in [5.41, 5.74) is 3.47. The number of aryl methyl sites for hydroxylation is 1. The van der Waals surface area contributed by atoms with Gasteiger partial charge in [-0.05, 0) is 30.4 Å². The lowest BCUT2D eigenvalue weighted by molar-refractivity contribution is -0.139. The van der Waals surface area contributed by atoms with E-state index in [2.05, 4.69) is 19.9 Å². The molecule has 0 fully saturated rings. The zero-order valence-corrected chi connectivity index (χ0v) is 17.1. The van der Waals surface area contributed by atoms with Gasteiger partial charge in [0.15, 0.2) is 0 Å². The summed E-state index contributed by atoms with van der Waals surface area (Å²) in [4.78, 5) is 12.8. The Balaban J connectivity index is 2.37. The van der Waals surface area contributed by atoms with Crippen LogP contribution in [-0.2, 0) is 9.53 Å². The first-order valence-electron chi connectivity index (χ1n) is 10.0. The molecule has 1 unspecified atom stereocenters. The highest BCUT2D eigenvalue weighted by Crippen LogP contribution is 2.28. The number of carbonyl (C=O) groups excluding carboxylic acids is 1. The Morgan fingerprint density at radius 3 is 2.25 bits per heavy atom. The Kier molecular flexibility index (Phi) is 8.49. The van der Waals surface area contributed by atoms with Crippen LogP contribution in [0.4, 0.5) is 0 Å². The third-order valence-electron chi connectivity index (χ3n) is 4.96. The van der Waals surface area contributed by atoms with Crippen molar-refractivity contribution in [1.29, 1.82) is 5.26 Å². The van der Waals surface area contributed by atoms with Gasteiger partial charge in [-0.2, -0.15) is 5.26 Å². The van der Waals surface area contributed by atoms with Crippen molar-refractivity contribution in [2.24, 2.45) is 5.92 Å². The summed E-state index contributed by atoms with van der Waals surface area (Å²) >= 11 is 0. The summed E-state index contributed by atoms with van der Waals surface area (Å²) in [6, 6.07) is 19.5. The van der Waals surface area contributed by atoms with Crippen LogP contribution >= 0.6 is 0 Å². The van der Waals surface area contributed by atoms with Crippen LogP contribution in [-0.4, -0.2) is 12.6 Å². The lowest BCUT2D eigenvalue weighted by Crippen LogP contribution is -2.16. The largest absolute Gasteiger partial charge is 0.461 e. The predicted molar refractivity (Wildman–Crippen MR) is 114 cm³/mol. The minimum Gasteiger partial charge on any atom is -0.461 e. The fourth-order valence-corrected chi connectivity index (χ4v) is 3.15. The second kappa shape index (κ2) is 11.1. The summed E-state index contributed by atoms with van der Waals surface area (Å²) < 4.78 is 5.57. The Morgan fingerprint density at radius 1 is 1.04 bits per heavy atom. The van der Waals surface area contributed by atoms with Crippen molar-refractivity contribution in [2.75, 3.05) is 6.61 Å². The van der Waals surface area contributed by atoms with Crippen molar-refractivity contribution in [1.82, 2.24) is 0 Å². The molecule has 0 spiro atoms. The molecule has 0 radical (unpaired) electrons. The number of carbonyl (C=O) groups is 1. The van der Waals surface area contributed by atoms with E-state index in [4.69, 9.17) is 4.74 Å². The van der Waals surface area contributed by atoms with Crippen LogP contribution in [0.1, 0.15) is 56.2 Å². The molecule has 1 atom stereocenters. The Morgan fingerprint density at radius 2 is 1.68 bits per heavy atom. The SMILES string of the molecule is CCCCC(CC)COC(=O)/C(C#N)=C(\c1ccccc1)c1ccc(C)cc1. The van der Waals surface area contributed by atoms with E-state index >= 15 is 0 Å². The molecule has 2 rings (SSSR count). The third-order valence-corrected chi connectivity index (χ3v) is 4.96. The highest BCUT2D eigenvalue weighted by molar-refractivity contribution is 6.05. The van der Waals surface area contributed by atoms with E-state index < -0.39 is 5.97 Å². The highest BCUT2D eigenvalue weighted by atomic mass is 16.5. The zero-order valence-electron chi connectivity index (χ0n) is 17.1. The average molecular weight is 376 g/mol. The molecule has 3 nitrogen and oxygen atoms in total. The number of hydrogen-bond acceptors (Lipinski definition) is 3. The van der Waals surface area contributed by atoms with E-state index in [-0.39, 0.29) is 5.57 Å². The molecule has 0 aliphatic rings. The fraction of sp³-hybridized carbons (Fsp3) is 0.360. The van der Waals surface area contributed by atoms with Crippen molar-refractivity contribution in [2.45, 2.75) is 46.5 Å². The predicted octanol–water partition coefficient (Wildman–Crippen LogP) is 6.08. The van der Waals surface area contributed by atoms with Gasteiger partial charge in [0, 0.05) is 5.57 Å². The molecular formula is C25H29NO2. The summed E-state index contributed by atoms with van der Waals surface area (Å²) in [6.07, 6.45) is 4.24. The number of hydrogen-bond donors (Lipinski definition) is 0. The maximum absolute atomic E-state index is 12.8. The number of rotatable bonds is 9. The quantitative estimate of drug-likeness (QED) is 0.303. The molecule has 0 aliphatic carbocycles. The number of unbranched alkanes of at least 4 members (excludes halogenated alkanes) is 1. The van der Waals surface area contributed by atoms with E-state index in [0.29, 0.717) is 18.1 Å². The molecule has 0 saturated heterocycles. The lowest BCUT2D eigenvalue weighted by Gasteiger charge is -2.16. The van der Waals surface area contributed by atoms with Crippen molar-refractivity contribution < 1.29 is 9.53 Å². The number of nitrogens with zero attached hydrogens (tertiary/aromatic N) is 1. The van der Waals surface area contributed by atoms with Gasteiger partial charge < -0.3 is 4.74 Å². The van der Waals surface area contributed by atoms with Gasteiger partial charge in [-0.1, -0.05) is 93.3 Å². The highest BCUT2D eigenvalue weighted by Gasteiger charge is 2.21. The second-order valence-corrected chi connectivity index (χ2v) is 7.11. The van der Waals surface area contributed by atoms with E-state index in [1.807, 2.05) is 61.5 Å². The minimum absolute atomic E-state index is 0.0559. The summed E-state index contributed by atoms with van der Waals surface area (Å²) in [6.45, 7) is 6.63. The van der Waals surface area contributed by atoms with Gasteiger partial charge in [-0.25, -0.2) is 4.79 Å². The van der Waals surface area contributed by atoms with Crippen molar-refractivity contribution in [3.63, 3.8) is 0 Å². The van der Waals surface area contributed by atoms with Crippen LogP contribution in [0.25, 0.3) is 5.57 Å². The summed E-state index contributed by atoms with van der Waals surface area (Å²) in [5, 5.41) is 9.80. The number of ether oxygens (including phenoxy) is 1. The molecule has 0 bridgehead atoms. The van der Waals surface area contributed by atoms with E-state index in [1.165, 1.54) is 0 Å². The summed E-state index contributed by atoms with van der Waals surface area (Å²) in [7, 11) is 0. The van der Waals surface area contributed by atoms with E-state index in [1.54, 1.807) is 0 Å². The van der Waals surface area contributed by atoms with Crippen LogP contribution in [0.3, 0.4) is 0 Å². The maximum atomic E-state index is 12.8. The standard InChI is InChI=1S/C25H29NO2/c1-4-6-10-20(5-2)18-28-25(27)23(17-26)24(21-11-8-7-9-12-21)22-15-13-19(3)14-16-22/h7-9,11-16,20H,4-6,10,18H2,1-3H3/b24-23+. The molecule has 0 saturated carbocycles. The molecule has 0 heterocycles. The minimum atomic E-state index is -0.545. The Bertz CT molecular complexity index is 829. The second-order valence-electron chi connectivity index (χ2n) is 7.11. The van der Waals surface area contributed by atoms with Crippen LogP contribution in [0, 0.1) is 24.2 Å². The van der Waals surface area contributed by atoms with Gasteiger partial charge in [-0.3, -0.25) is 0 Å². The third kappa shape index (κ3) is 5.82. The Labute approximate surface area is 168 Å². The van der Waals surface area contributed by atoms with Crippen molar-refractivity contribution in [3.05, 3.63) is 76.9 Å². The Hall–Kier alpha value is -2.86. The monoisotopic (exact) mass is 375 g/mol. The molecule has 2 aromatic rings. The first-order valence-corrected chi connectivity index (χ1v) is 10.0. The molecule has 3 heteroatoms. The topological polar surface area (TPSA) is 50.1 Å². The molecule has 2 aromatic carbocycles. The molecule has 0 aromatic heterocycles. The zero-order chi connectivity index (χ0) is 20.4. The maximum Gasteiger partial charge on any atom is 0.349 e.